The van der Waals surface area contributed by atoms with Crippen LogP contribution in [0.3, 0.4) is 0 Å². The van der Waals surface area contributed by atoms with E-state index in [1.165, 1.54) is 23.1 Å². The molecule has 2 heteroatoms. The molecule has 88 valence electrons. The molecule has 1 fully saturated rings. The van der Waals surface area contributed by atoms with Crippen LogP contribution in [-0.4, -0.2) is 13.7 Å². The Morgan fingerprint density at radius 2 is 2.06 bits per heavy atom. The highest BCUT2D eigenvalue weighted by Crippen LogP contribution is 2.35. The van der Waals surface area contributed by atoms with Crippen LogP contribution in [-0.2, 0) is 0 Å². The van der Waals surface area contributed by atoms with E-state index < -0.39 is 0 Å². The van der Waals surface area contributed by atoms with Crippen molar-refractivity contribution in [1.82, 2.24) is 5.32 Å². The van der Waals surface area contributed by atoms with Crippen molar-refractivity contribution in [2.75, 3.05) is 13.7 Å². The Morgan fingerprint density at radius 3 is 2.62 bits per heavy atom. The lowest BCUT2D eigenvalue weighted by Crippen LogP contribution is -2.14. The van der Waals surface area contributed by atoms with Gasteiger partial charge in [0.2, 0.25) is 0 Å². The van der Waals surface area contributed by atoms with Crippen molar-refractivity contribution in [2.45, 2.75) is 33.2 Å². The first-order valence-electron chi connectivity index (χ1n) is 6.00. The summed E-state index contributed by atoms with van der Waals surface area (Å²) in [6.07, 6.45) is 1.21. The van der Waals surface area contributed by atoms with Crippen molar-refractivity contribution in [2.24, 2.45) is 5.92 Å². The van der Waals surface area contributed by atoms with Crippen molar-refractivity contribution in [3.8, 4) is 5.75 Å². The topological polar surface area (TPSA) is 21.3 Å². The van der Waals surface area contributed by atoms with Gasteiger partial charge in [-0.15, -0.1) is 0 Å². The van der Waals surface area contributed by atoms with E-state index in [1.54, 1.807) is 7.11 Å². The average Bonchev–Trinajstić information content (AvgIpc) is 2.63. The Morgan fingerprint density at radius 1 is 1.31 bits per heavy atom. The molecule has 0 bridgehead atoms. The summed E-state index contributed by atoms with van der Waals surface area (Å²) in [5, 5.41) is 3.57. The van der Waals surface area contributed by atoms with Gasteiger partial charge >= 0.3 is 0 Å². The first-order chi connectivity index (χ1) is 7.61. The zero-order chi connectivity index (χ0) is 11.7. The standard InChI is InChI=1S/C14H21NO/c1-9-5-11(3)14(16-4)12(6-9)13-7-10(2)8-15-13/h5-6,10,13,15H,7-8H2,1-4H3/t10-,13-/m0/s1. The number of nitrogens with one attached hydrogen (secondary N) is 1. The monoisotopic (exact) mass is 219 g/mol. The summed E-state index contributed by atoms with van der Waals surface area (Å²) in [4.78, 5) is 0. The summed E-state index contributed by atoms with van der Waals surface area (Å²) in [6.45, 7) is 7.67. The first-order valence-corrected chi connectivity index (χ1v) is 6.00. The fraction of sp³-hybridized carbons (Fsp3) is 0.571. The van der Waals surface area contributed by atoms with Crippen LogP contribution in [0.2, 0.25) is 0 Å². The summed E-state index contributed by atoms with van der Waals surface area (Å²) in [5.74, 6) is 1.81. The van der Waals surface area contributed by atoms with Crippen LogP contribution in [0.4, 0.5) is 0 Å². The number of hydrogen-bond acceptors (Lipinski definition) is 2. The second-order valence-electron chi connectivity index (χ2n) is 5.01. The van der Waals surface area contributed by atoms with E-state index in [2.05, 4.69) is 38.2 Å². The molecule has 1 aliphatic rings. The second kappa shape index (κ2) is 4.46. The van der Waals surface area contributed by atoms with Gasteiger partial charge in [-0.1, -0.05) is 24.6 Å². The molecule has 2 atom stereocenters. The van der Waals surface area contributed by atoms with Crippen molar-refractivity contribution in [3.05, 3.63) is 28.8 Å². The molecule has 2 rings (SSSR count). The van der Waals surface area contributed by atoms with Crippen molar-refractivity contribution >= 4 is 0 Å². The molecule has 0 spiro atoms. The SMILES string of the molecule is COc1c(C)cc(C)cc1[C@@H]1C[C@H](C)CN1. The third kappa shape index (κ3) is 2.07. The number of benzene rings is 1. The van der Waals surface area contributed by atoms with E-state index in [4.69, 9.17) is 4.74 Å². The highest BCUT2D eigenvalue weighted by Gasteiger charge is 2.25. The van der Waals surface area contributed by atoms with Crippen molar-refractivity contribution < 1.29 is 4.74 Å². The summed E-state index contributed by atoms with van der Waals surface area (Å²) in [5.41, 5.74) is 3.87. The molecule has 2 nitrogen and oxygen atoms in total. The molecule has 0 aliphatic carbocycles. The van der Waals surface area contributed by atoms with E-state index >= 15 is 0 Å². The molecule has 1 aromatic carbocycles. The molecule has 1 aromatic rings. The number of methoxy groups -OCH3 is 1. The Kier molecular flexibility index (Phi) is 3.20. The highest BCUT2D eigenvalue weighted by atomic mass is 16.5. The fourth-order valence-corrected chi connectivity index (χ4v) is 2.67. The molecule has 1 N–H and O–H groups in total. The zero-order valence-electron chi connectivity index (χ0n) is 10.6. The first kappa shape index (κ1) is 11.5. The summed E-state index contributed by atoms with van der Waals surface area (Å²) < 4.78 is 5.54. The summed E-state index contributed by atoms with van der Waals surface area (Å²) in [7, 11) is 1.76. The average molecular weight is 219 g/mol. The van der Waals surface area contributed by atoms with Gasteiger partial charge in [0.15, 0.2) is 0 Å². The van der Waals surface area contributed by atoms with Crippen molar-refractivity contribution in [3.63, 3.8) is 0 Å². The highest BCUT2D eigenvalue weighted by molar-refractivity contribution is 5.45. The minimum atomic E-state index is 0.462. The van der Waals surface area contributed by atoms with Crippen LogP contribution in [0.1, 0.15) is 36.1 Å². The molecule has 1 saturated heterocycles. The third-order valence-corrected chi connectivity index (χ3v) is 3.38. The lowest BCUT2D eigenvalue weighted by molar-refractivity contribution is 0.399. The number of rotatable bonds is 2. The maximum absolute atomic E-state index is 5.54. The molecule has 1 aliphatic heterocycles. The Bertz CT molecular complexity index is 387. The van der Waals surface area contributed by atoms with E-state index in [0.29, 0.717) is 6.04 Å². The molecular formula is C14H21NO. The maximum Gasteiger partial charge on any atom is 0.126 e. The molecule has 0 unspecified atom stereocenters. The minimum Gasteiger partial charge on any atom is -0.496 e. The van der Waals surface area contributed by atoms with Gasteiger partial charge in [-0.3, -0.25) is 0 Å². The number of aryl methyl sites for hydroxylation is 2. The lowest BCUT2D eigenvalue weighted by atomic mass is 9.96. The van der Waals surface area contributed by atoms with Gasteiger partial charge in [0.1, 0.15) is 5.75 Å². The van der Waals surface area contributed by atoms with Crippen LogP contribution in [0.15, 0.2) is 12.1 Å². The van der Waals surface area contributed by atoms with Gasteiger partial charge in [-0.05, 0) is 38.3 Å². The Hall–Kier alpha value is -1.02. The van der Waals surface area contributed by atoms with Crippen LogP contribution in [0.25, 0.3) is 0 Å². The third-order valence-electron chi connectivity index (χ3n) is 3.38. The second-order valence-corrected chi connectivity index (χ2v) is 5.01. The Labute approximate surface area is 98.0 Å². The van der Waals surface area contributed by atoms with E-state index in [9.17, 15) is 0 Å². The number of hydrogen-bond donors (Lipinski definition) is 1. The summed E-state index contributed by atoms with van der Waals surface area (Å²) in [6, 6.07) is 4.89. The van der Waals surface area contributed by atoms with Crippen LogP contribution >= 0.6 is 0 Å². The predicted molar refractivity (Wildman–Crippen MR) is 67.0 cm³/mol. The predicted octanol–water partition coefficient (Wildman–Crippen LogP) is 2.98. The molecule has 16 heavy (non-hydrogen) atoms. The van der Waals surface area contributed by atoms with Gasteiger partial charge in [0.05, 0.1) is 7.11 Å². The van der Waals surface area contributed by atoms with Gasteiger partial charge in [-0.2, -0.15) is 0 Å². The van der Waals surface area contributed by atoms with E-state index in [-0.39, 0.29) is 0 Å². The zero-order valence-corrected chi connectivity index (χ0v) is 10.6. The molecule has 0 amide bonds. The molecule has 0 aromatic heterocycles. The van der Waals surface area contributed by atoms with Crippen LogP contribution in [0.5, 0.6) is 5.75 Å². The van der Waals surface area contributed by atoms with E-state index in [1.807, 2.05) is 0 Å². The lowest BCUT2D eigenvalue weighted by Gasteiger charge is -2.18. The molecule has 0 saturated carbocycles. The van der Waals surface area contributed by atoms with Crippen LogP contribution < -0.4 is 10.1 Å². The largest absolute Gasteiger partial charge is 0.496 e. The van der Waals surface area contributed by atoms with Crippen molar-refractivity contribution in [1.29, 1.82) is 0 Å². The summed E-state index contributed by atoms with van der Waals surface area (Å²) >= 11 is 0. The quantitative estimate of drug-likeness (QED) is 0.825. The van der Waals surface area contributed by atoms with Gasteiger partial charge in [0, 0.05) is 11.6 Å². The molecular weight excluding hydrogens is 198 g/mol. The normalized spacial score (nSPS) is 24.8. The van der Waals surface area contributed by atoms with E-state index in [0.717, 1.165) is 18.2 Å². The molecule has 1 heterocycles. The van der Waals surface area contributed by atoms with Crippen LogP contribution in [0, 0.1) is 19.8 Å². The smallest absolute Gasteiger partial charge is 0.126 e. The fourth-order valence-electron chi connectivity index (χ4n) is 2.67. The number of ether oxygens (including phenoxy) is 1. The molecule has 0 radical (unpaired) electrons. The van der Waals surface area contributed by atoms with Gasteiger partial charge in [0.25, 0.3) is 0 Å². The Balaban J connectivity index is 2.38. The minimum absolute atomic E-state index is 0.462. The van der Waals surface area contributed by atoms with Gasteiger partial charge in [-0.25, -0.2) is 0 Å². The maximum atomic E-state index is 5.54. The van der Waals surface area contributed by atoms with Gasteiger partial charge < -0.3 is 10.1 Å².